The molecular weight excluding hydrogens is 172 g/mol. The van der Waals surface area contributed by atoms with Crippen molar-refractivity contribution in [2.75, 3.05) is 13.2 Å². The molecule has 72 valence electrons. The first kappa shape index (κ1) is 9.73. The van der Waals surface area contributed by atoms with E-state index in [1.54, 1.807) is 13.1 Å². The number of rotatable bonds is 5. The molecule has 1 N–H and O–H groups in total. The highest BCUT2D eigenvalue weighted by Crippen LogP contribution is 1.94. The summed E-state index contributed by atoms with van der Waals surface area (Å²) >= 11 is 0. The van der Waals surface area contributed by atoms with Crippen LogP contribution in [0.5, 0.6) is 0 Å². The quantitative estimate of drug-likeness (QED) is 0.668. The highest BCUT2D eigenvalue weighted by atomic mass is 16.5. The van der Waals surface area contributed by atoms with Crippen LogP contribution in [0.1, 0.15) is 12.7 Å². The van der Waals surface area contributed by atoms with Crippen molar-refractivity contribution in [3.05, 3.63) is 18.4 Å². The summed E-state index contributed by atoms with van der Waals surface area (Å²) in [4.78, 5) is 14.6. The van der Waals surface area contributed by atoms with Crippen LogP contribution in [-0.2, 0) is 16.1 Å². The lowest BCUT2D eigenvalue weighted by molar-refractivity contribution is -0.142. The van der Waals surface area contributed by atoms with E-state index in [0.717, 1.165) is 0 Å². The van der Waals surface area contributed by atoms with Gasteiger partial charge in [0, 0.05) is 0 Å². The van der Waals surface area contributed by atoms with Crippen LogP contribution in [0.15, 0.2) is 17.0 Å². The fraction of sp³-hybridized carbons (Fsp3) is 0.500. The molecule has 0 unspecified atom stereocenters. The molecule has 0 atom stereocenters. The molecule has 0 fully saturated rings. The topological polar surface area (TPSA) is 64.4 Å². The molecule has 0 bridgehead atoms. The van der Waals surface area contributed by atoms with Crippen molar-refractivity contribution < 1.29 is 13.9 Å². The molecule has 1 aromatic rings. The Bertz CT molecular complexity index is 246. The molecule has 13 heavy (non-hydrogen) atoms. The van der Waals surface area contributed by atoms with Crippen LogP contribution in [0.3, 0.4) is 0 Å². The molecule has 0 spiro atoms. The van der Waals surface area contributed by atoms with Gasteiger partial charge in [-0.25, -0.2) is 4.98 Å². The van der Waals surface area contributed by atoms with Crippen LogP contribution in [0.4, 0.5) is 0 Å². The third-order valence-corrected chi connectivity index (χ3v) is 1.36. The van der Waals surface area contributed by atoms with E-state index in [2.05, 4.69) is 10.3 Å². The maximum absolute atomic E-state index is 10.8. The van der Waals surface area contributed by atoms with E-state index in [9.17, 15) is 4.79 Å². The van der Waals surface area contributed by atoms with Gasteiger partial charge in [-0.3, -0.25) is 10.1 Å². The van der Waals surface area contributed by atoms with E-state index in [4.69, 9.17) is 9.15 Å². The van der Waals surface area contributed by atoms with Crippen LogP contribution < -0.4 is 5.32 Å². The van der Waals surface area contributed by atoms with Gasteiger partial charge in [-0.1, -0.05) is 0 Å². The van der Waals surface area contributed by atoms with Crippen LogP contribution in [0.25, 0.3) is 0 Å². The Morgan fingerprint density at radius 3 is 3.23 bits per heavy atom. The fourth-order valence-electron chi connectivity index (χ4n) is 0.829. The number of esters is 1. The SMILES string of the molecule is CCOC(=O)CNCc1cnco1. The number of hydrogen-bond acceptors (Lipinski definition) is 5. The number of carbonyl (C=O) groups is 1. The first-order valence-electron chi connectivity index (χ1n) is 4.06. The normalized spacial score (nSPS) is 9.92. The molecule has 1 heterocycles. The molecule has 0 aromatic carbocycles. The monoisotopic (exact) mass is 184 g/mol. The molecule has 0 aliphatic rings. The van der Waals surface area contributed by atoms with Crippen molar-refractivity contribution in [2.24, 2.45) is 0 Å². The van der Waals surface area contributed by atoms with Gasteiger partial charge in [-0.15, -0.1) is 0 Å². The fourth-order valence-corrected chi connectivity index (χ4v) is 0.829. The Morgan fingerprint density at radius 1 is 1.77 bits per heavy atom. The third kappa shape index (κ3) is 3.71. The maximum atomic E-state index is 10.8. The summed E-state index contributed by atoms with van der Waals surface area (Å²) in [5.41, 5.74) is 0. The highest BCUT2D eigenvalue weighted by molar-refractivity contribution is 5.71. The Balaban J connectivity index is 2.11. The van der Waals surface area contributed by atoms with E-state index in [1.165, 1.54) is 6.39 Å². The predicted octanol–water partition coefficient (Wildman–Crippen LogP) is 0.327. The second-order valence-corrected chi connectivity index (χ2v) is 2.38. The van der Waals surface area contributed by atoms with E-state index < -0.39 is 0 Å². The zero-order valence-electron chi connectivity index (χ0n) is 7.45. The third-order valence-electron chi connectivity index (χ3n) is 1.36. The molecule has 1 rings (SSSR count). The first-order valence-corrected chi connectivity index (χ1v) is 4.06. The lowest BCUT2D eigenvalue weighted by Gasteiger charge is -2.01. The summed E-state index contributed by atoms with van der Waals surface area (Å²) in [5, 5.41) is 2.86. The maximum Gasteiger partial charge on any atom is 0.319 e. The van der Waals surface area contributed by atoms with Crippen LogP contribution in [0, 0.1) is 0 Å². The van der Waals surface area contributed by atoms with E-state index in [-0.39, 0.29) is 12.5 Å². The standard InChI is InChI=1S/C8H12N2O3/c1-2-12-8(11)5-9-3-7-4-10-6-13-7/h4,6,9H,2-3,5H2,1H3. The molecule has 0 saturated carbocycles. The van der Waals surface area contributed by atoms with Gasteiger partial charge in [-0.2, -0.15) is 0 Å². The molecule has 0 amide bonds. The van der Waals surface area contributed by atoms with Gasteiger partial charge in [0.1, 0.15) is 5.76 Å². The van der Waals surface area contributed by atoms with Gasteiger partial charge in [0.15, 0.2) is 6.39 Å². The Kier molecular flexibility index (Phi) is 3.98. The molecule has 0 aliphatic carbocycles. The zero-order chi connectivity index (χ0) is 9.52. The van der Waals surface area contributed by atoms with Crippen LogP contribution >= 0.6 is 0 Å². The number of aromatic nitrogens is 1. The lowest BCUT2D eigenvalue weighted by atomic mass is 10.5. The lowest BCUT2D eigenvalue weighted by Crippen LogP contribution is -2.24. The Hall–Kier alpha value is -1.36. The zero-order valence-corrected chi connectivity index (χ0v) is 7.45. The molecule has 5 nitrogen and oxygen atoms in total. The van der Waals surface area contributed by atoms with Crippen LogP contribution in [-0.4, -0.2) is 24.1 Å². The molecule has 0 radical (unpaired) electrons. The van der Waals surface area contributed by atoms with E-state index >= 15 is 0 Å². The number of carbonyl (C=O) groups excluding carboxylic acids is 1. The van der Waals surface area contributed by atoms with E-state index in [1.807, 2.05) is 0 Å². The van der Waals surface area contributed by atoms with Gasteiger partial charge in [0.2, 0.25) is 0 Å². The summed E-state index contributed by atoms with van der Waals surface area (Å²) in [6, 6.07) is 0. The molecule has 0 saturated heterocycles. The second-order valence-electron chi connectivity index (χ2n) is 2.38. The number of hydrogen-bond donors (Lipinski definition) is 1. The summed E-state index contributed by atoms with van der Waals surface area (Å²) in [7, 11) is 0. The van der Waals surface area contributed by atoms with Gasteiger partial charge in [0.25, 0.3) is 0 Å². The first-order chi connectivity index (χ1) is 6.33. The molecule has 0 aliphatic heterocycles. The summed E-state index contributed by atoms with van der Waals surface area (Å²) < 4.78 is 9.66. The van der Waals surface area contributed by atoms with E-state index in [0.29, 0.717) is 18.9 Å². The summed E-state index contributed by atoms with van der Waals surface area (Å²) in [5.74, 6) is 0.436. The minimum absolute atomic E-state index is 0.189. The van der Waals surface area contributed by atoms with Crippen molar-refractivity contribution in [3.8, 4) is 0 Å². The highest BCUT2D eigenvalue weighted by Gasteiger charge is 2.01. The smallest absolute Gasteiger partial charge is 0.319 e. The minimum atomic E-state index is -0.262. The summed E-state index contributed by atoms with van der Waals surface area (Å²) in [6.45, 7) is 2.85. The van der Waals surface area contributed by atoms with Crippen molar-refractivity contribution in [1.29, 1.82) is 0 Å². The number of oxazole rings is 1. The van der Waals surface area contributed by atoms with Gasteiger partial charge >= 0.3 is 5.97 Å². The van der Waals surface area contributed by atoms with Crippen molar-refractivity contribution in [3.63, 3.8) is 0 Å². The molecule has 5 heteroatoms. The van der Waals surface area contributed by atoms with Gasteiger partial charge in [0.05, 0.1) is 25.9 Å². The van der Waals surface area contributed by atoms with Crippen LogP contribution in [0.2, 0.25) is 0 Å². The number of ether oxygens (including phenoxy) is 1. The Morgan fingerprint density at radius 2 is 2.62 bits per heavy atom. The summed E-state index contributed by atoms with van der Waals surface area (Å²) in [6.07, 6.45) is 2.94. The largest absolute Gasteiger partial charge is 0.465 e. The molecular formula is C8H12N2O3. The van der Waals surface area contributed by atoms with Crippen molar-refractivity contribution in [1.82, 2.24) is 10.3 Å². The predicted molar refractivity (Wildman–Crippen MR) is 44.8 cm³/mol. The Labute approximate surface area is 76.1 Å². The van der Waals surface area contributed by atoms with Gasteiger partial charge < -0.3 is 9.15 Å². The van der Waals surface area contributed by atoms with Crippen molar-refractivity contribution in [2.45, 2.75) is 13.5 Å². The molecule has 1 aromatic heterocycles. The number of nitrogens with zero attached hydrogens (tertiary/aromatic N) is 1. The second kappa shape index (κ2) is 5.31. The number of nitrogens with one attached hydrogen (secondary N) is 1. The van der Waals surface area contributed by atoms with Gasteiger partial charge in [-0.05, 0) is 6.92 Å². The average molecular weight is 184 g/mol. The van der Waals surface area contributed by atoms with Crippen molar-refractivity contribution >= 4 is 5.97 Å². The minimum Gasteiger partial charge on any atom is -0.465 e. The average Bonchev–Trinajstić information content (AvgIpc) is 2.57.